The van der Waals surface area contributed by atoms with Crippen LogP contribution < -0.4 is 9.80 Å². The van der Waals surface area contributed by atoms with Crippen LogP contribution in [0.5, 0.6) is 0 Å². The molecule has 2 aliphatic heterocycles. The van der Waals surface area contributed by atoms with Crippen LogP contribution in [0.1, 0.15) is 32.9 Å². The number of aromatic nitrogens is 1. The molecule has 0 aliphatic carbocycles. The lowest BCUT2D eigenvalue weighted by molar-refractivity contribution is 0.0737. The van der Waals surface area contributed by atoms with Gasteiger partial charge in [-0.3, -0.25) is 9.69 Å². The predicted molar refractivity (Wildman–Crippen MR) is 148 cm³/mol. The van der Waals surface area contributed by atoms with Crippen LogP contribution >= 0.6 is 0 Å². The van der Waals surface area contributed by atoms with E-state index in [0.717, 1.165) is 61.0 Å². The van der Waals surface area contributed by atoms with Gasteiger partial charge in [0.05, 0.1) is 22.5 Å². The van der Waals surface area contributed by atoms with Gasteiger partial charge in [-0.05, 0) is 42.8 Å². The number of nitriles is 2. The van der Waals surface area contributed by atoms with Gasteiger partial charge < -0.3 is 19.3 Å². The Kier molecular flexibility index (Phi) is 7.35. The summed E-state index contributed by atoms with van der Waals surface area (Å²) in [6.07, 6.45) is 0. The van der Waals surface area contributed by atoms with Crippen molar-refractivity contribution in [2.45, 2.75) is 13.5 Å². The lowest BCUT2D eigenvalue weighted by Crippen LogP contribution is -2.49. The summed E-state index contributed by atoms with van der Waals surface area (Å²) < 4.78 is 2.02. The fourth-order valence-electron chi connectivity index (χ4n) is 5.52. The second kappa shape index (κ2) is 11.0. The number of carbonyl (C=O) groups is 1. The fraction of sp³-hybridized carbons (Fsp3) is 0.367. The zero-order chi connectivity index (χ0) is 26.6. The van der Waals surface area contributed by atoms with Gasteiger partial charge in [-0.25, -0.2) is 0 Å². The van der Waals surface area contributed by atoms with Crippen LogP contribution in [-0.2, 0) is 13.6 Å². The average molecular weight is 508 g/mol. The van der Waals surface area contributed by atoms with Crippen LogP contribution in [0.2, 0.25) is 0 Å². The Bertz CT molecular complexity index is 1400. The van der Waals surface area contributed by atoms with Crippen molar-refractivity contribution in [3.63, 3.8) is 0 Å². The lowest BCUT2D eigenvalue weighted by atomic mass is 10.1. The summed E-state index contributed by atoms with van der Waals surface area (Å²) in [6.45, 7) is 9.12. The summed E-state index contributed by atoms with van der Waals surface area (Å²) in [4.78, 5) is 22.3. The second-order valence-electron chi connectivity index (χ2n) is 10.00. The monoisotopic (exact) mass is 507 g/mol. The molecule has 3 heterocycles. The van der Waals surface area contributed by atoms with Crippen LogP contribution in [0.15, 0.2) is 54.6 Å². The smallest absolute Gasteiger partial charge is 0.270 e. The van der Waals surface area contributed by atoms with Gasteiger partial charge in [0.15, 0.2) is 0 Å². The van der Waals surface area contributed by atoms with Crippen LogP contribution in [0, 0.1) is 29.6 Å². The van der Waals surface area contributed by atoms with E-state index in [-0.39, 0.29) is 5.91 Å². The molecule has 1 amide bonds. The number of nitrogens with zero attached hydrogens (tertiary/aromatic N) is 7. The first-order valence-electron chi connectivity index (χ1n) is 13.1. The van der Waals surface area contributed by atoms with Gasteiger partial charge in [0.25, 0.3) is 5.91 Å². The molecule has 2 aliphatic rings. The van der Waals surface area contributed by atoms with Crippen LogP contribution in [0.3, 0.4) is 0 Å². The third-order valence-electron chi connectivity index (χ3n) is 7.92. The molecule has 3 aromatic rings. The minimum Gasteiger partial charge on any atom is -0.368 e. The van der Waals surface area contributed by atoms with E-state index in [9.17, 15) is 15.3 Å². The van der Waals surface area contributed by atoms with Gasteiger partial charge in [0, 0.05) is 71.6 Å². The van der Waals surface area contributed by atoms with E-state index in [4.69, 9.17) is 0 Å². The molecule has 0 atom stereocenters. The Balaban J connectivity index is 1.20. The Morgan fingerprint density at radius 1 is 0.789 bits per heavy atom. The number of carbonyl (C=O) groups excluding carboxylic acids is 1. The molecule has 5 rings (SSSR count). The van der Waals surface area contributed by atoms with Crippen molar-refractivity contribution in [1.82, 2.24) is 14.4 Å². The largest absolute Gasteiger partial charge is 0.368 e. The Morgan fingerprint density at radius 2 is 1.29 bits per heavy atom. The summed E-state index contributed by atoms with van der Waals surface area (Å²) in [5.41, 5.74) is 6.37. The molecule has 0 N–H and O–H groups in total. The van der Waals surface area contributed by atoms with Crippen molar-refractivity contribution in [2.75, 3.05) is 62.2 Å². The number of para-hydroxylation sites is 2. The highest BCUT2D eigenvalue weighted by atomic mass is 16.2. The van der Waals surface area contributed by atoms with E-state index in [1.54, 1.807) is 0 Å². The first-order chi connectivity index (χ1) is 18.5. The van der Waals surface area contributed by atoms with E-state index in [0.29, 0.717) is 31.7 Å². The SMILES string of the molecule is Cc1c(CN2CCN(c3ccccc3C#N)CC2)cc(C(=O)N2CCN(c3ccccc3C#N)CC2)n1C. The van der Waals surface area contributed by atoms with Crippen LogP contribution in [0.25, 0.3) is 0 Å². The molecule has 0 spiro atoms. The number of rotatable bonds is 5. The van der Waals surface area contributed by atoms with Gasteiger partial charge in [0.2, 0.25) is 0 Å². The van der Waals surface area contributed by atoms with Gasteiger partial charge in [-0.2, -0.15) is 10.5 Å². The van der Waals surface area contributed by atoms with Crippen molar-refractivity contribution < 1.29 is 4.79 Å². The molecule has 0 radical (unpaired) electrons. The Morgan fingerprint density at radius 3 is 1.82 bits per heavy atom. The fourth-order valence-corrected chi connectivity index (χ4v) is 5.52. The summed E-state index contributed by atoms with van der Waals surface area (Å²) in [5, 5.41) is 18.9. The highest BCUT2D eigenvalue weighted by Crippen LogP contribution is 2.25. The molecule has 0 saturated carbocycles. The van der Waals surface area contributed by atoms with Crippen molar-refractivity contribution in [3.8, 4) is 12.1 Å². The van der Waals surface area contributed by atoms with E-state index in [1.807, 2.05) is 65.0 Å². The minimum absolute atomic E-state index is 0.0630. The lowest BCUT2D eigenvalue weighted by Gasteiger charge is -2.36. The maximum Gasteiger partial charge on any atom is 0.270 e. The molecule has 1 aromatic heterocycles. The molecular weight excluding hydrogens is 474 g/mol. The van der Waals surface area contributed by atoms with Gasteiger partial charge >= 0.3 is 0 Å². The summed E-state index contributed by atoms with van der Waals surface area (Å²) >= 11 is 0. The molecule has 8 nitrogen and oxygen atoms in total. The van der Waals surface area contributed by atoms with Crippen LogP contribution in [0.4, 0.5) is 11.4 Å². The Labute approximate surface area is 224 Å². The van der Waals surface area contributed by atoms with Gasteiger partial charge in [-0.1, -0.05) is 24.3 Å². The predicted octanol–water partition coefficient (Wildman–Crippen LogP) is 3.36. The van der Waals surface area contributed by atoms with E-state index >= 15 is 0 Å². The standard InChI is InChI=1S/C30H33N7O/c1-23-26(22-34-11-13-35(14-12-34)27-9-5-3-7-24(27)20-31)19-29(33(23)2)30(38)37-17-15-36(16-18-37)28-10-6-4-8-25(28)21-32/h3-10,19H,11-18,22H2,1-2H3. The van der Waals surface area contributed by atoms with E-state index < -0.39 is 0 Å². The zero-order valence-electron chi connectivity index (χ0n) is 22.1. The van der Waals surface area contributed by atoms with Crippen molar-refractivity contribution >= 4 is 17.3 Å². The number of piperazine rings is 2. The number of amides is 1. The van der Waals surface area contributed by atoms with Crippen molar-refractivity contribution in [1.29, 1.82) is 10.5 Å². The first kappa shape index (κ1) is 25.4. The molecule has 38 heavy (non-hydrogen) atoms. The molecule has 2 saturated heterocycles. The number of anilines is 2. The first-order valence-corrected chi connectivity index (χ1v) is 13.1. The normalized spacial score (nSPS) is 16.3. The van der Waals surface area contributed by atoms with Crippen LogP contribution in [-0.4, -0.2) is 72.6 Å². The van der Waals surface area contributed by atoms with Gasteiger partial charge in [-0.15, -0.1) is 0 Å². The quantitative estimate of drug-likeness (QED) is 0.527. The number of hydrogen-bond acceptors (Lipinski definition) is 6. The highest BCUT2D eigenvalue weighted by molar-refractivity contribution is 5.93. The topological polar surface area (TPSA) is 82.5 Å². The molecule has 194 valence electrons. The second-order valence-corrected chi connectivity index (χ2v) is 10.00. The summed E-state index contributed by atoms with van der Waals surface area (Å²) in [6, 6.07) is 22.1. The van der Waals surface area contributed by atoms with Crippen molar-refractivity contribution in [2.24, 2.45) is 7.05 Å². The molecule has 0 bridgehead atoms. The molecular formula is C30H33N7O. The average Bonchev–Trinajstić information content (AvgIpc) is 3.25. The van der Waals surface area contributed by atoms with E-state index in [2.05, 4.69) is 39.8 Å². The maximum atomic E-state index is 13.5. The van der Waals surface area contributed by atoms with E-state index in [1.165, 1.54) is 5.56 Å². The highest BCUT2D eigenvalue weighted by Gasteiger charge is 2.27. The van der Waals surface area contributed by atoms with Gasteiger partial charge in [0.1, 0.15) is 17.8 Å². The Hall–Kier alpha value is -4.27. The summed E-state index contributed by atoms with van der Waals surface area (Å²) in [7, 11) is 1.97. The summed E-state index contributed by atoms with van der Waals surface area (Å²) in [5.74, 6) is 0.0630. The third-order valence-corrected chi connectivity index (χ3v) is 7.92. The molecule has 0 unspecified atom stereocenters. The minimum atomic E-state index is 0.0630. The molecule has 8 heteroatoms. The molecule has 2 aromatic carbocycles. The third kappa shape index (κ3) is 4.96. The van der Waals surface area contributed by atoms with Crippen molar-refractivity contribution in [3.05, 3.63) is 82.7 Å². The number of hydrogen-bond donors (Lipinski definition) is 0. The maximum absolute atomic E-state index is 13.5. The zero-order valence-corrected chi connectivity index (χ0v) is 22.1. The molecule has 2 fully saturated rings. The number of benzene rings is 2.